The molecule has 1 saturated heterocycles. The molecule has 0 radical (unpaired) electrons. The Kier molecular flexibility index (Phi) is 5.56. The molecule has 148 valence electrons. The summed E-state index contributed by atoms with van der Waals surface area (Å²) in [6.45, 7) is 1.88. The van der Waals surface area contributed by atoms with E-state index in [1.165, 1.54) is 4.90 Å². The first kappa shape index (κ1) is 19.5. The number of fused-ring (bicyclic) bond motifs is 1. The van der Waals surface area contributed by atoms with E-state index in [4.69, 9.17) is 10.5 Å². The predicted molar refractivity (Wildman–Crippen MR) is 114 cm³/mol. The first-order valence-electron chi connectivity index (χ1n) is 9.48. The molecule has 0 aliphatic carbocycles. The summed E-state index contributed by atoms with van der Waals surface area (Å²) in [6.07, 6.45) is 3.15. The van der Waals surface area contributed by atoms with Gasteiger partial charge in [0.25, 0.3) is 0 Å². The van der Waals surface area contributed by atoms with Crippen LogP contribution in [0.1, 0.15) is 24.2 Å². The number of ether oxygens (including phenoxy) is 1. The zero-order valence-electron chi connectivity index (χ0n) is 16.0. The van der Waals surface area contributed by atoms with Gasteiger partial charge in [0.1, 0.15) is 17.1 Å². The van der Waals surface area contributed by atoms with E-state index in [-0.39, 0.29) is 11.3 Å². The monoisotopic (exact) mass is 406 g/mol. The lowest BCUT2D eigenvalue weighted by atomic mass is 10.0. The Bertz CT molecular complexity index is 933. The number of rotatable bonds is 5. The third kappa shape index (κ3) is 3.61. The maximum Gasteiger partial charge on any atom is 0.356 e. The molecule has 2 atom stereocenters. The summed E-state index contributed by atoms with van der Waals surface area (Å²) in [5, 5.41) is -0.217. The molecular formula is C23H22N2O3S. The number of allylic oxidation sites excluding steroid dienone is 2. The van der Waals surface area contributed by atoms with Gasteiger partial charge in [-0.25, -0.2) is 4.79 Å². The van der Waals surface area contributed by atoms with Gasteiger partial charge in [0, 0.05) is 5.75 Å². The van der Waals surface area contributed by atoms with Crippen molar-refractivity contribution in [3.05, 3.63) is 95.2 Å². The third-order valence-corrected chi connectivity index (χ3v) is 6.35. The number of β-lactam (4-membered cyclic amide) rings is 1. The van der Waals surface area contributed by atoms with Gasteiger partial charge < -0.3 is 10.5 Å². The van der Waals surface area contributed by atoms with Crippen LogP contribution in [0.15, 0.2) is 84.1 Å². The maximum atomic E-state index is 13.3. The van der Waals surface area contributed by atoms with E-state index in [9.17, 15) is 9.59 Å². The van der Waals surface area contributed by atoms with Crippen LogP contribution in [-0.4, -0.2) is 33.9 Å². The van der Waals surface area contributed by atoms with Crippen LogP contribution in [0.2, 0.25) is 0 Å². The van der Waals surface area contributed by atoms with Crippen LogP contribution < -0.4 is 5.73 Å². The molecule has 1 fully saturated rings. The average molecular weight is 407 g/mol. The molecule has 2 aliphatic rings. The fraction of sp³-hybridized carbons (Fsp3) is 0.217. The highest BCUT2D eigenvalue weighted by atomic mass is 32.2. The smallest absolute Gasteiger partial charge is 0.356 e. The molecule has 0 saturated carbocycles. The Balaban J connectivity index is 1.70. The molecule has 2 aromatic carbocycles. The summed E-state index contributed by atoms with van der Waals surface area (Å²) in [4.78, 5) is 27.2. The lowest BCUT2D eigenvalue weighted by Crippen LogP contribution is -2.68. The Morgan fingerprint density at radius 3 is 2.28 bits per heavy atom. The van der Waals surface area contributed by atoms with Crippen LogP contribution in [0.25, 0.3) is 0 Å². The summed E-state index contributed by atoms with van der Waals surface area (Å²) in [5.41, 5.74) is 8.75. The van der Waals surface area contributed by atoms with Gasteiger partial charge in [0.15, 0.2) is 6.10 Å². The van der Waals surface area contributed by atoms with Gasteiger partial charge in [-0.05, 0) is 23.6 Å². The number of carbonyl (C=O) groups is 2. The molecule has 1 amide bonds. The summed E-state index contributed by atoms with van der Waals surface area (Å²) in [5.74, 6) is -0.147. The molecular weight excluding hydrogens is 384 g/mol. The standard InChI is InChI=1S/C23H22N2O3S/c1-2-9-17-14-29-22-18(24)21(26)25(22)19(17)23(27)28-20(15-10-5-3-6-11-15)16-12-7-4-8-13-16/h2-13,18,20,22H,14,24H2,1H3/b9-2+/t18-,22+/m0/s1. The Morgan fingerprint density at radius 2 is 1.72 bits per heavy atom. The van der Waals surface area contributed by atoms with E-state index >= 15 is 0 Å². The van der Waals surface area contributed by atoms with Gasteiger partial charge in [0.2, 0.25) is 5.91 Å². The minimum absolute atomic E-state index is 0.217. The first-order valence-corrected chi connectivity index (χ1v) is 10.5. The zero-order chi connectivity index (χ0) is 20.4. The van der Waals surface area contributed by atoms with Crippen molar-refractivity contribution in [1.82, 2.24) is 4.90 Å². The van der Waals surface area contributed by atoms with Gasteiger partial charge >= 0.3 is 5.97 Å². The van der Waals surface area contributed by atoms with E-state index in [1.54, 1.807) is 11.8 Å². The summed E-state index contributed by atoms with van der Waals surface area (Å²) < 4.78 is 6.00. The zero-order valence-corrected chi connectivity index (χ0v) is 16.8. The highest BCUT2D eigenvalue weighted by molar-refractivity contribution is 8.00. The lowest BCUT2D eigenvalue weighted by Gasteiger charge is -2.48. The topological polar surface area (TPSA) is 72.6 Å². The minimum atomic E-state index is -0.575. The van der Waals surface area contributed by atoms with Gasteiger partial charge in [-0.2, -0.15) is 0 Å². The molecule has 2 aliphatic heterocycles. The Morgan fingerprint density at radius 1 is 1.14 bits per heavy atom. The van der Waals surface area contributed by atoms with Crippen molar-refractivity contribution in [3.8, 4) is 0 Å². The van der Waals surface area contributed by atoms with E-state index in [1.807, 2.05) is 79.7 Å². The molecule has 6 heteroatoms. The number of amides is 1. The van der Waals surface area contributed by atoms with Gasteiger partial charge in [-0.15, -0.1) is 11.8 Å². The number of esters is 1. The molecule has 29 heavy (non-hydrogen) atoms. The summed E-state index contributed by atoms with van der Waals surface area (Å²) in [6, 6.07) is 18.6. The first-order chi connectivity index (χ1) is 14.1. The maximum absolute atomic E-state index is 13.3. The molecule has 0 aromatic heterocycles. The molecule has 2 N–H and O–H groups in total. The summed E-state index contributed by atoms with van der Waals surface area (Å²) >= 11 is 1.57. The molecule has 4 rings (SSSR count). The van der Waals surface area contributed by atoms with Crippen molar-refractivity contribution in [3.63, 3.8) is 0 Å². The average Bonchev–Trinajstić information content (AvgIpc) is 2.77. The highest BCUT2D eigenvalue weighted by Crippen LogP contribution is 2.41. The van der Waals surface area contributed by atoms with Crippen LogP contribution in [0.4, 0.5) is 0 Å². The highest BCUT2D eigenvalue weighted by Gasteiger charge is 2.52. The quantitative estimate of drug-likeness (QED) is 0.609. The second-order valence-corrected chi connectivity index (χ2v) is 8.02. The number of nitrogens with zero attached hydrogens (tertiary/aromatic N) is 1. The number of carbonyl (C=O) groups excluding carboxylic acids is 2. The van der Waals surface area contributed by atoms with Gasteiger partial charge in [0.05, 0.1) is 0 Å². The fourth-order valence-electron chi connectivity index (χ4n) is 3.61. The van der Waals surface area contributed by atoms with E-state index in [2.05, 4.69) is 0 Å². The van der Waals surface area contributed by atoms with Crippen molar-refractivity contribution >= 4 is 23.6 Å². The van der Waals surface area contributed by atoms with Crippen LogP contribution in [0.5, 0.6) is 0 Å². The van der Waals surface area contributed by atoms with E-state index in [0.717, 1.165) is 16.7 Å². The molecule has 5 nitrogen and oxygen atoms in total. The Hall–Kier alpha value is -2.83. The molecule has 0 bridgehead atoms. The Labute approximate surface area is 174 Å². The third-order valence-electron chi connectivity index (χ3n) is 5.03. The van der Waals surface area contributed by atoms with Crippen molar-refractivity contribution in [2.75, 3.05) is 5.75 Å². The van der Waals surface area contributed by atoms with Crippen LogP contribution in [0.3, 0.4) is 0 Å². The van der Waals surface area contributed by atoms with Gasteiger partial charge in [-0.3, -0.25) is 9.69 Å². The molecule has 0 unspecified atom stereocenters. The number of benzene rings is 2. The number of hydrogen-bond donors (Lipinski definition) is 1. The van der Waals surface area contributed by atoms with Crippen molar-refractivity contribution < 1.29 is 14.3 Å². The fourth-order valence-corrected chi connectivity index (χ4v) is 4.87. The van der Waals surface area contributed by atoms with Crippen molar-refractivity contribution in [2.24, 2.45) is 5.73 Å². The predicted octanol–water partition coefficient (Wildman–Crippen LogP) is 3.39. The number of nitrogens with two attached hydrogens (primary N) is 1. The normalized spacial score (nSPS) is 21.3. The molecule has 2 heterocycles. The second kappa shape index (κ2) is 8.27. The number of thioether (sulfide) groups is 1. The molecule has 2 aromatic rings. The second-order valence-electron chi connectivity index (χ2n) is 6.92. The van der Waals surface area contributed by atoms with Crippen LogP contribution >= 0.6 is 11.8 Å². The van der Waals surface area contributed by atoms with E-state index in [0.29, 0.717) is 11.4 Å². The number of hydrogen-bond acceptors (Lipinski definition) is 5. The largest absolute Gasteiger partial charge is 0.448 e. The van der Waals surface area contributed by atoms with Crippen molar-refractivity contribution in [2.45, 2.75) is 24.4 Å². The lowest BCUT2D eigenvalue weighted by molar-refractivity contribution is -0.153. The van der Waals surface area contributed by atoms with E-state index < -0.39 is 18.1 Å². The van der Waals surface area contributed by atoms with Crippen LogP contribution in [0, 0.1) is 0 Å². The van der Waals surface area contributed by atoms with Crippen LogP contribution in [-0.2, 0) is 14.3 Å². The SMILES string of the molecule is C/C=C/C1=C(C(=O)OC(c2ccccc2)c2ccccc2)N2C(=O)[C@H](N)[C@H]2SC1. The molecule has 0 spiro atoms. The van der Waals surface area contributed by atoms with Gasteiger partial charge in [-0.1, -0.05) is 72.8 Å². The summed E-state index contributed by atoms with van der Waals surface area (Å²) in [7, 11) is 0. The minimum Gasteiger partial charge on any atom is -0.448 e. The van der Waals surface area contributed by atoms with Crippen molar-refractivity contribution in [1.29, 1.82) is 0 Å².